The Bertz CT molecular complexity index is 740. The van der Waals surface area contributed by atoms with E-state index in [4.69, 9.17) is 4.42 Å². The average molecular weight is 344 g/mol. The van der Waals surface area contributed by atoms with Crippen LogP contribution in [0.4, 0.5) is 19.1 Å². The Morgan fingerprint density at radius 2 is 1.88 bits per heavy atom. The normalized spacial score (nSPS) is 12.5. The molecule has 0 bridgehead atoms. The van der Waals surface area contributed by atoms with E-state index in [1.165, 1.54) is 12.1 Å². The van der Waals surface area contributed by atoms with E-state index < -0.39 is 29.1 Å². The van der Waals surface area contributed by atoms with Crippen molar-refractivity contribution >= 4 is 11.8 Å². The maximum atomic E-state index is 12.1. The Hall–Kier alpha value is -3.04. The molecule has 0 aliphatic carbocycles. The van der Waals surface area contributed by atoms with E-state index >= 15 is 0 Å². The number of amides is 1. The minimum absolute atomic E-state index is 0.245. The molecule has 1 aromatic heterocycles. The number of nitrogens with zero attached hydrogens (tertiary/aromatic N) is 1. The molecule has 7 nitrogen and oxygen atoms in total. The molecular formula is C14H11F3N2O5. The molecular weight excluding hydrogens is 333 g/mol. The van der Waals surface area contributed by atoms with Gasteiger partial charge in [-0.05, 0) is 30.7 Å². The summed E-state index contributed by atoms with van der Waals surface area (Å²) >= 11 is 0. The van der Waals surface area contributed by atoms with Crippen molar-refractivity contribution in [3.63, 3.8) is 0 Å². The van der Waals surface area contributed by atoms with Crippen LogP contribution >= 0.6 is 0 Å². The summed E-state index contributed by atoms with van der Waals surface area (Å²) in [5.41, 5.74) is 0.513. The summed E-state index contributed by atoms with van der Waals surface area (Å²) in [6, 6.07) is 6.57. The van der Waals surface area contributed by atoms with E-state index in [0.29, 0.717) is 5.56 Å². The number of carbonyl (C=O) groups is 1. The second kappa shape index (κ2) is 6.60. The highest BCUT2D eigenvalue weighted by atomic mass is 19.4. The van der Waals surface area contributed by atoms with Gasteiger partial charge in [-0.3, -0.25) is 14.9 Å². The lowest BCUT2D eigenvalue weighted by molar-refractivity contribution is -0.402. The summed E-state index contributed by atoms with van der Waals surface area (Å²) in [7, 11) is 0. The minimum atomic E-state index is -4.78. The monoisotopic (exact) mass is 344 g/mol. The van der Waals surface area contributed by atoms with Crippen molar-refractivity contribution in [3.05, 3.63) is 57.8 Å². The highest BCUT2D eigenvalue weighted by Crippen LogP contribution is 2.24. The molecule has 1 amide bonds. The van der Waals surface area contributed by atoms with Crippen LogP contribution < -0.4 is 10.1 Å². The van der Waals surface area contributed by atoms with E-state index in [0.717, 1.165) is 24.3 Å². The van der Waals surface area contributed by atoms with Crippen molar-refractivity contribution in [1.82, 2.24) is 5.32 Å². The summed E-state index contributed by atoms with van der Waals surface area (Å²) < 4.78 is 44.8. The van der Waals surface area contributed by atoms with Gasteiger partial charge < -0.3 is 14.5 Å². The van der Waals surface area contributed by atoms with Gasteiger partial charge in [-0.15, -0.1) is 13.2 Å². The first-order chi connectivity index (χ1) is 11.2. The van der Waals surface area contributed by atoms with Crippen molar-refractivity contribution in [3.8, 4) is 5.75 Å². The number of nitro groups is 1. The van der Waals surface area contributed by atoms with E-state index in [1.54, 1.807) is 6.92 Å². The van der Waals surface area contributed by atoms with Gasteiger partial charge in [0.2, 0.25) is 0 Å². The number of furan rings is 1. The minimum Gasteiger partial charge on any atom is -0.406 e. The largest absolute Gasteiger partial charge is 0.573 e. The molecule has 0 radical (unpaired) electrons. The molecule has 1 atom stereocenters. The standard InChI is InChI=1S/C14H11F3N2O5/c1-8(9-2-4-10(5-3-9)24-14(15,16)17)18-13(20)11-6-7-12(23-11)19(21)22/h2-8H,1H3,(H,18,20). The van der Waals surface area contributed by atoms with Gasteiger partial charge in [0.1, 0.15) is 10.7 Å². The van der Waals surface area contributed by atoms with E-state index in [9.17, 15) is 28.1 Å². The second-order valence-electron chi connectivity index (χ2n) is 4.71. The fourth-order valence-corrected chi connectivity index (χ4v) is 1.86. The SMILES string of the molecule is CC(NC(=O)c1ccc([N+](=O)[O-])o1)c1ccc(OC(F)(F)F)cc1. The molecule has 10 heteroatoms. The number of hydrogen-bond donors (Lipinski definition) is 1. The summed E-state index contributed by atoms with van der Waals surface area (Å²) in [6.07, 6.45) is -4.78. The smallest absolute Gasteiger partial charge is 0.406 e. The second-order valence-corrected chi connectivity index (χ2v) is 4.71. The highest BCUT2D eigenvalue weighted by molar-refractivity contribution is 5.91. The zero-order valence-electron chi connectivity index (χ0n) is 12.2. The first-order valence-corrected chi connectivity index (χ1v) is 6.56. The number of hydrogen-bond acceptors (Lipinski definition) is 5. The van der Waals surface area contributed by atoms with Gasteiger partial charge in [0.05, 0.1) is 12.1 Å². The molecule has 0 saturated carbocycles. The fraction of sp³-hybridized carbons (Fsp3) is 0.214. The van der Waals surface area contributed by atoms with Crippen LogP contribution in [-0.2, 0) is 0 Å². The zero-order valence-corrected chi connectivity index (χ0v) is 12.2. The first-order valence-electron chi connectivity index (χ1n) is 6.56. The third kappa shape index (κ3) is 4.48. The molecule has 128 valence electrons. The lowest BCUT2D eigenvalue weighted by atomic mass is 10.1. The van der Waals surface area contributed by atoms with Crippen LogP contribution in [0.5, 0.6) is 5.75 Å². The number of halogens is 3. The Balaban J connectivity index is 2.02. The maximum Gasteiger partial charge on any atom is 0.573 e. The van der Waals surface area contributed by atoms with Gasteiger partial charge in [-0.2, -0.15) is 0 Å². The van der Waals surface area contributed by atoms with Gasteiger partial charge in [0, 0.05) is 0 Å². The predicted molar refractivity (Wildman–Crippen MR) is 74.4 cm³/mol. The molecule has 2 rings (SSSR count). The topological polar surface area (TPSA) is 94.6 Å². The molecule has 1 aromatic carbocycles. The van der Waals surface area contributed by atoms with Gasteiger partial charge >= 0.3 is 12.2 Å². The van der Waals surface area contributed by atoms with Crippen LogP contribution in [-0.4, -0.2) is 17.2 Å². The number of benzene rings is 1. The molecule has 1 N–H and O–H groups in total. The summed E-state index contributed by atoms with van der Waals surface area (Å²) in [5.74, 6) is -1.88. The number of carbonyl (C=O) groups excluding carboxylic acids is 1. The third-order valence-corrected chi connectivity index (χ3v) is 2.96. The van der Waals surface area contributed by atoms with E-state index in [1.807, 2.05) is 0 Å². The van der Waals surface area contributed by atoms with Gasteiger partial charge in [-0.25, -0.2) is 0 Å². The molecule has 1 heterocycles. The zero-order chi connectivity index (χ0) is 17.9. The number of ether oxygens (including phenoxy) is 1. The summed E-state index contributed by atoms with van der Waals surface area (Å²) in [6.45, 7) is 1.59. The third-order valence-electron chi connectivity index (χ3n) is 2.96. The van der Waals surface area contributed by atoms with E-state index in [2.05, 4.69) is 10.1 Å². The van der Waals surface area contributed by atoms with Crippen molar-refractivity contribution in [2.45, 2.75) is 19.3 Å². The lowest BCUT2D eigenvalue weighted by Crippen LogP contribution is -2.26. The van der Waals surface area contributed by atoms with Crippen LogP contribution in [0.3, 0.4) is 0 Å². The highest BCUT2D eigenvalue weighted by Gasteiger charge is 2.31. The van der Waals surface area contributed by atoms with Crippen LogP contribution in [0.25, 0.3) is 0 Å². The van der Waals surface area contributed by atoms with Crippen LogP contribution in [0.15, 0.2) is 40.8 Å². The molecule has 2 aromatic rings. The summed E-state index contributed by atoms with van der Waals surface area (Å²) in [5, 5.41) is 13.0. The van der Waals surface area contributed by atoms with Gasteiger partial charge in [0.15, 0.2) is 5.76 Å². The fourth-order valence-electron chi connectivity index (χ4n) is 1.86. The van der Waals surface area contributed by atoms with Crippen LogP contribution in [0, 0.1) is 10.1 Å². The number of rotatable bonds is 5. The molecule has 1 unspecified atom stereocenters. The maximum absolute atomic E-state index is 12.1. The lowest BCUT2D eigenvalue weighted by Gasteiger charge is -2.14. The van der Waals surface area contributed by atoms with E-state index in [-0.39, 0.29) is 11.5 Å². The molecule has 0 spiro atoms. The Morgan fingerprint density at radius 3 is 2.38 bits per heavy atom. The predicted octanol–water partition coefficient (Wildman–Crippen LogP) is 3.58. The molecule has 0 aliphatic rings. The van der Waals surface area contributed by atoms with Crippen molar-refractivity contribution in [1.29, 1.82) is 0 Å². The van der Waals surface area contributed by atoms with Gasteiger partial charge in [-0.1, -0.05) is 12.1 Å². The molecule has 24 heavy (non-hydrogen) atoms. The summed E-state index contributed by atoms with van der Waals surface area (Å²) in [4.78, 5) is 21.6. The number of nitrogens with one attached hydrogen (secondary N) is 1. The number of alkyl halides is 3. The molecule has 0 aliphatic heterocycles. The Kier molecular flexibility index (Phi) is 4.77. The van der Waals surface area contributed by atoms with Crippen LogP contribution in [0.1, 0.15) is 29.1 Å². The molecule has 0 fully saturated rings. The van der Waals surface area contributed by atoms with Crippen molar-refractivity contribution in [2.75, 3.05) is 0 Å². The Labute approximate surface area is 133 Å². The Morgan fingerprint density at radius 1 is 1.25 bits per heavy atom. The molecule has 0 saturated heterocycles. The average Bonchev–Trinajstić information content (AvgIpc) is 2.96. The van der Waals surface area contributed by atoms with Crippen LogP contribution in [0.2, 0.25) is 0 Å². The first kappa shape index (κ1) is 17.3. The van der Waals surface area contributed by atoms with Gasteiger partial charge in [0.25, 0.3) is 5.91 Å². The van der Waals surface area contributed by atoms with Crippen molar-refractivity contribution in [2.24, 2.45) is 0 Å². The quantitative estimate of drug-likeness (QED) is 0.661. The van der Waals surface area contributed by atoms with Crippen molar-refractivity contribution < 1.29 is 32.0 Å².